The molecule has 1 aliphatic rings. The second kappa shape index (κ2) is 5.27. The van der Waals surface area contributed by atoms with E-state index >= 15 is 0 Å². The molecule has 0 aromatic heterocycles. The molecule has 1 aromatic rings. The monoisotopic (exact) mass is 236 g/mol. The first kappa shape index (κ1) is 12.0. The standard InChI is InChI=1S/C13H17FN2O/c1-15-6-8-16(9-7-15)13(17)10-11-2-4-12(14)5-3-11/h2-5H,6-10H2,1H3. The van der Waals surface area contributed by atoms with Crippen LogP contribution in [0.15, 0.2) is 24.3 Å². The Morgan fingerprint density at radius 2 is 1.76 bits per heavy atom. The van der Waals surface area contributed by atoms with Gasteiger partial charge < -0.3 is 9.80 Å². The third-order valence-electron chi connectivity index (χ3n) is 3.12. The van der Waals surface area contributed by atoms with E-state index in [9.17, 15) is 9.18 Å². The topological polar surface area (TPSA) is 23.6 Å². The first-order chi connectivity index (χ1) is 8.15. The van der Waals surface area contributed by atoms with Crippen molar-refractivity contribution in [1.29, 1.82) is 0 Å². The van der Waals surface area contributed by atoms with Crippen molar-refractivity contribution in [3.05, 3.63) is 35.6 Å². The van der Waals surface area contributed by atoms with E-state index in [0.29, 0.717) is 6.42 Å². The molecule has 1 aromatic carbocycles. The van der Waals surface area contributed by atoms with Crippen LogP contribution < -0.4 is 0 Å². The summed E-state index contributed by atoms with van der Waals surface area (Å²) in [5, 5.41) is 0. The normalized spacial score (nSPS) is 17.2. The highest BCUT2D eigenvalue weighted by Gasteiger charge is 2.18. The smallest absolute Gasteiger partial charge is 0.227 e. The number of hydrogen-bond donors (Lipinski definition) is 0. The fourth-order valence-corrected chi connectivity index (χ4v) is 1.94. The zero-order valence-electron chi connectivity index (χ0n) is 10.0. The Bertz CT molecular complexity index is 383. The van der Waals surface area contributed by atoms with Gasteiger partial charge in [0.2, 0.25) is 5.91 Å². The van der Waals surface area contributed by atoms with Crippen molar-refractivity contribution in [3.63, 3.8) is 0 Å². The van der Waals surface area contributed by atoms with Crippen molar-refractivity contribution in [2.24, 2.45) is 0 Å². The van der Waals surface area contributed by atoms with Gasteiger partial charge in [-0.05, 0) is 24.7 Å². The molecular formula is C13H17FN2O. The first-order valence-corrected chi connectivity index (χ1v) is 5.86. The van der Waals surface area contributed by atoms with Gasteiger partial charge in [-0.2, -0.15) is 0 Å². The van der Waals surface area contributed by atoms with Crippen molar-refractivity contribution < 1.29 is 9.18 Å². The predicted octanol–water partition coefficient (Wildman–Crippen LogP) is 1.14. The molecule has 0 N–H and O–H groups in total. The first-order valence-electron chi connectivity index (χ1n) is 5.86. The average Bonchev–Trinajstić information content (AvgIpc) is 2.33. The van der Waals surface area contributed by atoms with Gasteiger partial charge in [0.05, 0.1) is 6.42 Å². The van der Waals surface area contributed by atoms with Crippen molar-refractivity contribution in [2.45, 2.75) is 6.42 Å². The van der Waals surface area contributed by atoms with Crippen LogP contribution >= 0.6 is 0 Å². The van der Waals surface area contributed by atoms with Crippen LogP contribution in [0.3, 0.4) is 0 Å². The van der Waals surface area contributed by atoms with Crippen molar-refractivity contribution in [3.8, 4) is 0 Å². The lowest BCUT2D eigenvalue weighted by Crippen LogP contribution is -2.47. The lowest BCUT2D eigenvalue weighted by Gasteiger charge is -2.32. The minimum atomic E-state index is -0.263. The van der Waals surface area contributed by atoms with Crippen molar-refractivity contribution in [2.75, 3.05) is 33.2 Å². The molecule has 92 valence electrons. The number of carbonyl (C=O) groups is 1. The van der Waals surface area contributed by atoms with E-state index in [-0.39, 0.29) is 11.7 Å². The van der Waals surface area contributed by atoms with Crippen LogP contribution in [-0.2, 0) is 11.2 Å². The van der Waals surface area contributed by atoms with Crippen LogP contribution in [0.4, 0.5) is 4.39 Å². The SMILES string of the molecule is CN1CCN(C(=O)Cc2ccc(F)cc2)CC1. The molecule has 3 nitrogen and oxygen atoms in total. The number of rotatable bonds is 2. The van der Waals surface area contributed by atoms with Crippen LogP contribution in [0, 0.1) is 5.82 Å². The van der Waals surface area contributed by atoms with E-state index < -0.39 is 0 Å². The Morgan fingerprint density at radius 3 is 2.35 bits per heavy atom. The molecule has 0 atom stereocenters. The highest BCUT2D eigenvalue weighted by atomic mass is 19.1. The largest absolute Gasteiger partial charge is 0.340 e. The summed E-state index contributed by atoms with van der Waals surface area (Å²) in [6.45, 7) is 3.43. The number of likely N-dealkylation sites (N-methyl/N-ethyl adjacent to an activating group) is 1. The fraction of sp³-hybridized carbons (Fsp3) is 0.462. The van der Waals surface area contributed by atoms with Gasteiger partial charge in [0, 0.05) is 26.2 Å². The minimum Gasteiger partial charge on any atom is -0.340 e. The summed E-state index contributed by atoms with van der Waals surface area (Å²) in [6, 6.07) is 6.13. The molecule has 0 spiro atoms. The van der Waals surface area contributed by atoms with E-state index in [2.05, 4.69) is 11.9 Å². The second-order valence-corrected chi connectivity index (χ2v) is 4.49. The van der Waals surface area contributed by atoms with Gasteiger partial charge in [-0.25, -0.2) is 4.39 Å². The summed E-state index contributed by atoms with van der Waals surface area (Å²) >= 11 is 0. The molecule has 1 saturated heterocycles. The Hall–Kier alpha value is -1.42. The quantitative estimate of drug-likeness (QED) is 0.769. The summed E-state index contributed by atoms with van der Waals surface area (Å²) in [5.74, 6) is -0.134. The molecule has 1 amide bonds. The molecule has 1 fully saturated rings. The predicted molar refractivity (Wildman–Crippen MR) is 64.2 cm³/mol. The Kier molecular flexibility index (Phi) is 3.74. The molecule has 1 aliphatic heterocycles. The fourth-order valence-electron chi connectivity index (χ4n) is 1.94. The van der Waals surface area contributed by atoms with Crippen LogP contribution in [0.5, 0.6) is 0 Å². The van der Waals surface area contributed by atoms with Crippen molar-refractivity contribution in [1.82, 2.24) is 9.80 Å². The number of nitrogens with zero attached hydrogens (tertiary/aromatic N) is 2. The van der Waals surface area contributed by atoms with E-state index in [1.54, 1.807) is 12.1 Å². The summed E-state index contributed by atoms with van der Waals surface area (Å²) in [5.41, 5.74) is 0.871. The molecule has 1 heterocycles. The molecule has 2 rings (SSSR count). The minimum absolute atomic E-state index is 0.129. The maximum absolute atomic E-state index is 12.7. The van der Waals surface area contributed by atoms with Crippen LogP contribution in [0.1, 0.15) is 5.56 Å². The second-order valence-electron chi connectivity index (χ2n) is 4.49. The van der Waals surface area contributed by atoms with E-state index in [4.69, 9.17) is 0 Å². The number of hydrogen-bond acceptors (Lipinski definition) is 2. The Morgan fingerprint density at radius 1 is 1.18 bits per heavy atom. The zero-order valence-corrected chi connectivity index (χ0v) is 10.0. The van der Waals surface area contributed by atoms with Gasteiger partial charge in [-0.15, -0.1) is 0 Å². The number of amides is 1. The van der Waals surface area contributed by atoms with E-state index in [0.717, 1.165) is 31.7 Å². The lowest BCUT2D eigenvalue weighted by molar-refractivity contribution is -0.132. The summed E-state index contributed by atoms with van der Waals surface area (Å²) < 4.78 is 12.7. The number of piperazine rings is 1. The Labute approximate surface area is 101 Å². The van der Waals surface area contributed by atoms with Gasteiger partial charge in [0.25, 0.3) is 0 Å². The molecule has 4 heteroatoms. The third-order valence-corrected chi connectivity index (χ3v) is 3.12. The van der Waals surface area contributed by atoms with E-state index in [1.807, 2.05) is 4.90 Å². The van der Waals surface area contributed by atoms with Crippen LogP contribution in [0.2, 0.25) is 0 Å². The van der Waals surface area contributed by atoms with Crippen LogP contribution in [-0.4, -0.2) is 48.9 Å². The molecule has 17 heavy (non-hydrogen) atoms. The molecular weight excluding hydrogens is 219 g/mol. The van der Waals surface area contributed by atoms with Gasteiger partial charge in [0.1, 0.15) is 5.82 Å². The highest BCUT2D eigenvalue weighted by Crippen LogP contribution is 2.07. The van der Waals surface area contributed by atoms with Crippen molar-refractivity contribution >= 4 is 5.91 Å². The number of halogens is 1. The number of carbonyl (C=O) groups excluding carboxylic acids is 1. The van der Waals surface area contributed by atoms with Gasteiger partial charge in [-0.3, -0.25) is 4.79 Å². The molecule has 0 saturated carbocycles. The van der Waals surface area contributed by atoms with Crippen LogP contribution in [0.25, 0.3) is 0 Å². The Balaban J connectivity index is 1.90. The van der Waals surface area contributed by atoms with Gasteiger partial charge in [0.15, 0.2) is 0 Å². The maximum Gasteiger partial charge on any atom is 0.227 e. The van der Waals surface area contributed by atoms with E-state index in [1.165, 1.54) is 12.1 Å². The molecule has 0 aliphatic carbocycles. The lowest BCUT2D eigenvalue weighted by atomic mass is 10.1. The van der Waals surface area contributed by atoms with Gasteiger partial charge >= 0.3 is 0 Å². The number of benzene rings is 1. The van der Waals surface area contributed by atoms with Gasteiger partial charge in [-0.1, -0.05) is 12.1 Å². The molecule has 0 radical (unpaired) electrons. The summed E-state index contributed by atoms with van der Waals surface area (Å²) in [7, 11) is 2.06. The maximum atomic E-state index is 12.7. The molecule has 0 unspecified atom stereocenters. The molecule has 0 bridgehead atoms. The highest BCUT2D eigenvalue weighted by molar-refractivity contribution is 5.78. The average molecular weight is 236 g/mol. The zero-order chi connectivity index (χ0) is 12.3. The summed E-state index contributed by atoms with van der Waals surface area (Å²) in [4.78, 5) is 16.1. The summed E-state index contributed by atoms with van der Waals surface area (Å²) in [6.07, 6.45) is 0.365. The third kappa shape index (κ3) is 3.27.